The normalized spacial score (nSPS) is 15.5. The quantitative estimate of drug-likeness (QED) is 0.500. The molecule has 0 atom stereocenters. The third kappa shape index (κ3) is 2.16. The van der Waals surface area contributed by atoms with Gasteiger partial charge in [-0.3, -0.25) is 0 Å². The van der Waals surface area contributed by atoms with Crippen LogP contribution in [-0.4, -0.2) is 9.97 Å². The molecule has 0 radical (unpaired) electrons. The standard InChI is InChI=1S/C21H16N2S/c1-3-7-15(8-4-1)19-22-17-11-12-18(23-20(17)24-19)21(13-14-21)16-9-5-2-6-10-16/h1-12H,13-14H2. The van der Waals surface area contributed by atoms with E-state index in [1.54, 1.807) is 11.3 Å². The van der Waals surface area contributed by atoms with Gasteiger partial charge in [0.15, 0.2) is 0 Å². The number of hydrogen-bond donors (Lipinski definition) is 0. The van der Waals surface area contributed by atoms with E-state index in [2.05, 4.69) is 66.7 Å². The molecule has 0 N–H and O–H groups in total. The summed E-state index contributed by atoms with van der Waals surface area (Å²) in [5, 5.41) is 1.04. The average Bonchev–Trinajstić information content (AvgIpc) is 3.36. The van der Waals surface area contributed by atoms with Crippen molar-refractivity contribution in [2.75, 3.05) is 0 Å². The van der Waals surface area contributed by atoms with E-state index in [4.69, 9.17) is 9.97 Å². The van der Waals surface area contributed by atoms with Gasteiger partial charge in [-0.05, 0) is 30.5 Å². The molecule has 5 rings (SSSR count). The minimum atomic E-state index is 0.117. The van der Waals surface area contributed by atoms with Crippen LogP contribution in [0.2, 0.25) is 0 Å². The van der Waals surface area contributed by atoms with E-state index in [9.17, 15) is 0 Å². The van der Waals surface area contributed by atoms with Crippen molar-refractivity contribution < 1.29 is 0 Å². The van der Waals surface area contributed by atoms with Gasteiger partial charge in [-0.2, -0.15) is 0 Å². The molecular formula is C21H16N2S. The van der Waals surface area contributed by atoms with Crippen LogP contribution in [0.3, 0.4) is 0 Å². The number of aromatic nitrogens is 2. The maximum Gasteiger partial charge on any atom is 0.144 e. The zero-order chi connectivity index (χ0) is 16.0. The molecule has 0 spiro atoms. The van der Waals surface area contributed by atoms with Crippen LogP contribution in [0.5, 0.6) is 0 Å². The molecule has 0 amide bonds. The van der Waals surface area contributed by atoms with Gasteiger partial charge in [0, 0.05) is 11.0 Å². The monoisotopic (exact) mass is 328 g/mol. The van der Waals surface area contributed by atoms with Crippen molar-refractivity contribution in [3.05, 3.63) is 84.1 Å². The number of thiazole rings is 1. The highest BCUT2D eigenvalue weighted by Crippen LogP contribution is 2.53. The summed E-state index contributed by atoms with van der Waals surface area (Å²) in [6.07, 6.45) is 2.36. The van der Waals surface area contributed by atoms with Crippen LogP contribution in [0.1, 0.15) is 24.1 Å². The van der Waals surface area contributed by atoms with Gasteiger partial charge < -0.3 is 0 Å². The number of fused-ring (bicyclic) bond motifs is 1. The Labute approximate surface area is 144 Å². The number of hydrogen-bond acceptors (Lipinski definition) is 3. The Morgan fingerprint density at radius 3 is 2.17 bits per heavy atom. The smallest absolute Gasteiger partial charge is 0.144 e. The Balaban J connectivity index is 1.60. The summed E-state index contributed by atoms with van der Waals surface area (Å²) in [7, 11) is 0. The summed E-state index contributed by atoms with van der Waals surface area (Å²) in [4.78, 5) is 10.8. The molecule has 0 bridgehead atoms. The predicted molar refractivity (Wildman–Crippen MR) is 99.3 cm³/mol. The SMILES string of the molecule is c1ccc(-c2nc3ccc(C4(c5ccccc5)CC4)nc3s2)cc1. The van der Waals surface area contributed by atoms with E-state index in [1.807, 2.05) is 6.07 Å². The van der Waals surface area contributed by atoms with Gasteiger partial charge in [-0.1, -0.05) is 72.0 Å². The van der Waals surface area contributed by atoms with Crippen LogP contribution < -0.4 is 0 Å². The first-order valence-electron chi connectivity index (χ1n) is 8.24. The van der Waals surface area contributed by atoms with Gasteiger partial charge in [0.05, 0.1) is 5.69 Å². The topological polar surface area (TPSA) is 25.8 Å². The first-order chi connectivity index (χ1) is 11.9. The maximum absolute atomic E-state index is 4.99. The van der Waals surface area contributed by atoms with Crippen LogP contribution >= 0.6 is 11.3 Å². The van der Waals surface area contributed by atoms with E-state index in [-0.39, 0.29) is 5.41 Å². The summed E-state index contributed by atoms with van der Waals surface area (Å²) in [6.45, 7) is 0. The van der Waals surface area contributed by atoms with Crippen molar-refractivity contribution in [3.63, 3.8) is 0 Å². The highest BCUT2D eigenvalue weighted by Gasteiger charge is 2.47. The summed E-state index contributed by atoms with van der Waals surface area (Å²) >= 11 is 1.68. The fourth-order valence-electron chi connectivity index (χ4n) is 3.36. The lowest BCUT2D eigenvalue weighted by Gasteiger charge is -2.14. The van der Waals surface area contributed by atoms with Crippen LogP contribution in [0, 0.1) is 0 Å². The molecule has 0 unspecified atom stereocenters. The maximum atomic E-state index is 4.99. The van der Waals surface area contributed by atoms with Gasteiger partial charge in [0.1, 0.15) is 15.4 Å². The molecule has 1 aliphatic carbocycles. The average molecular weight is 328 g/mol. The summed E-state index contributed by atoms with van der Waals surface area (Å²) in [6, 6.07) is 25.4. The van der Waals surface area contributed by atoms with Crippen molar-refractivity contribution in [2.45, 2.75) is 18.3 Å². The largest absolute Gasteiger partial charge is 0.239 e. The second-order valence-electron chi connectivity index (χ2n) is 6.35. The number of nitrogens with zero attached hydrogens (tertiary/aromatic N) is 2. The molecule has 116 valence electrons. The molecule has 2 aromatic carbocycles. The molecule has 4 aromatic rings. The lowest BCUT2D eigenvalue weighted by molar-refractivity contribution is 0.811. The molecule has 2 heterocycles. The Morgan fingerprint density at radius 2 is 1.46 bits per heavy atom. The van der Waals surface area contributed by atoms with Gasteiger partial charge in [0.2, 0.25) is 0 Å². The Hall–Kier alpha value is -2.52. The molecule has 1 saturated carbocycles. The fraction of sp³-hybridized carbons (Fsp3) is 0.143. The molecule has 3 heteroatoms. The summed E-state index contributed by atoms with van der Waals surface area (Å²) in [5.74, 6) is 0. The van der Waals surface area contributed by atoms with Crippen LogP contribution in [0.4, 0.5) is 0 Å². The van der Waals surface area contributed by atoms with Gasteiger partial charge in [0.25, 0.3) is 0 Å². The van der Waals surface area contributed by atoms with Gasteiger partial charge in [-0.15, -0.1) is 0 Å². The third-order valence-electron chi connectivity index (χ3n) is 4.84. The lowest BCUT2D eigenvalue weighted by Crippen LogP contribution is -2.10. The van der Waals surface area contributed by atoms with Crippen molar-refractivity contribution in [2.24, 2.45) is 0 Å². The van der Waals surface area contributed by atoms with E-state index in [0.29, 0.717) is 0 Å². The van der Waals surface area contributed by atoms with E-state index in [1.165, 1.54) is 24.1 Å². The van der Waals surface area contributed by atoms with E-state index >= 15 is 0 Å². The second-order valence-corrected chi connectivity index (χ2v) is 7.33. The summed E-state index contributed by atoms with van der Waals surface area (Å²) in [5.41, 5.74) is 4.83. The first kappa shape index (κ1) is 13.9. The minimum absolute atomic E-state index is 0.117. The van der Waals surface area contributed by atoms with Crippen molar-refractivity contribution >= 4 is 21.7 Å². The Bertz CT molecular complexity index is 1000. The molecule has 0 aliphatic heterocycles. The second kappa shape index (κ2) is 5.25. The van der Waals surface area contributed by atoms with Gasteiger partial charge >= 0.3 is 0 Å². The molecule has 2 aromatic heterocycles. The molecule has 0 saturated heterocycles. The van der Waals surface area contributed by atoms with Crippen molar-refractivity contribution in [3.8, 4) is 10.6 Å². The van der Waals surface area contributed by atoms with Crippen LogP contribution in [-0.2, 0) is 5.41 Å². The highest BCUT2D eigenvalue weighted by molar-refractivity contribution is 7.21. The fourth-order valence-corrected chi connectivity index (χ4v) is 4.31. The first-order valence-corrected chi connectivity index (χ1v) is 9.06. The van der Waals surface area contributed by atoms with Crippen molar-refractivity contribution in [1.29, 1.82) is 0 Å². The third-order valence-corrected chi connectivity index (χ3v) is 5.86. The van der Waals surface area contributed by atoms with E-state index < -0.39 is 0 Å². The Morgan fingerprint density at radius 1 is 0.750 bits per heavy atom. The van der Waals surface area contributed by atoms with Gasteiger partial charge in [-0.25, -0.2) is 9.97 Å². The Kier molecular flexibility index (Phi) is 3.03. The molecular weight excluding hydrogens is 312 g/mol. The molecule has 1 aliphatic rings. The molecule has 24 heavy (non-hydrogen) atoms. The summed E-state index contributed by atoms with van der Waals surface area (Å²) < 4.78 is 0. The zero-order valence-corrected chi connectivity index (χ0v) is 14.0. The number of pyridine rings is 1. The predicted octanol–water partition coefficient (Wildman–Crippen LogP) is 5.44. The zero-order valence-electron chi connectivity index (χ0n) is 13.1. The van der Waals surface area contributed by atoms with E-state index in [0.717, 1.165) is 20.9 Å². The van der Waals surface area contributed by atoms with Crippen molar-refractivity contribution in [1.82, 2.24) is 9.97 Å². The molecule has 1 fully saturated rings. The highest BCUT2D eigenvalue weighted by atomic mass is 32.1. The van der Waals surface area contributed by atoms with Crippen LogP contribution in [0.15, 0.2) is 72.8 Å². The lowest BCUT2D eigenvalue weighted by atomic mass is 9.92. The van der Waals surface area contributed by atoms with Crippen LogP contribution in [0.25, 0.3) is 20.9 Å². The number of rotatable bonds is 3. The number of benzene rings is 2. The minimum Gasteiger partial charge on any atom is -0.239 e. The molecule has 2 nitrogen and oxygen atoms in total.